The maximum atomic E-state index is 11.9. The van der Waals surface area contributed by atoms with Crippen molar-refractivity contribution in [2.24, 2.45) is 0 Å². The van der Waals surface area contributed by atoms with Crippen LogP contribution in [0.4, 0.5) is 0 Å². The zero-order valence-corrected chi connectivity index (χ0v) is 19.9. The molecular formula is C15H33I2N3O3. The maximum absolute atomic E-state index is 11.9. The summed E-state index contributed by atoms with van der Waals surface area (Å²) < 4.78 is 6.69. The Morgan fingerprint density at radius 2 is 1.35 bits per heavy atom. The third kappa shape index (κ3) is 18.5. The Bertz CT molecular complexity index is 353. The molecule has 23 heavy (non-hydrogen) atoms. The summed E-state index contributed by atoms with van der Waals surface area (Å²) in [5, 5.41) is 0. The Labute approximate surface area is 175 Å². The summed E-state index contributed by atoms with van der Waals surface area (Å²) in [7, 11) is 14.2. The lowest BCUT2D eigenvalue weighted by molar-refractivity contribution is -0.870. The summed E-state index contributed by atoms with van der Waals surface area (Å²) in [6.07, 6.45) is 0.377. The highest BCUT2D eigenvalue weighted by molar-refractivity contribution is 5.81. The average molecular weight is 557 g/mol. The number of carbonyl (C=O) groups is 2. The standard InChI is InChI=1S/C15H33N3O3.2HI/c1-16(10-11-17(2,3)4)14(19)8-9-15(20)21-13-12-18(5,6)7;;/h8-13H2,1-7H3;2*1H/q+2;;/p-2. The van der Waals surface area contributed by atoms with Gasteiger partial charge in [-0.1, -0.05) is 0 Å². The van der Waals surface area contributed by atoms with E-state index < -0.39 is 0 Å². The number of ether oxygens (including phenoxy) is 1. The second kappa shape index (κ2) is 12.6. The van der Waals surface area contributed by atoms with Crippen molar-refractivity contribution >= 4 is 11.9 Å². The summed E-state index contributed by atoms with van der Waals surface area (Å²) in [6, 6.07) is 0. The van der Waals surface area contributed by atoms with Crippen molar-refractivity contribution in [3.8, 4) is 0 Å². The Kier molecular flexibility index (Phi) is 15.5. The van der Waals surface area contributed by atoms with E-state index in [0.29, 0.717) is 13.2 Å². The van der Waals surface area contributed by atoms with Crippen LogP contribution in [0.3, 0.4) is 0 Å². The molecular weight excluding hydrogens is 524 g/mol. The molecule has 0 spiro atoms. The molecule has 0 aliphatic carbocycles. The third-order valence-corrected chi connectivity index (χ3v) is 3.10. The van der Waals surface area contributed by atoms with E-state index in [0.717, 1.165) is 22.1 Å². The van der Waals surface area contributed by atoms with Crippen LogP contribution in [0.15, 0.2) is 0 Å². The first-order valence-electron chi connectivity index (χ1n) is 7.41. The fourth-order valence-corrected chi connectivity index (χ4v) is 1.48. The molecule has 0 rings (SSSR count). The van der Waals surface area contributed by atoms with Gasteiger partial charge in [0.1, 0.15) is 13.2 Å². The first kappa shape index (κ1) is 28.1. The van der Waals surface area contributed by atoms with Crippen LogP contribution >= 0.6 is 0 Å². The molecule has 0 aromatic rings. The Balaban J connectivity index is -0.00000200. The first-order valence-corrected chi connectivity index (χ1v) is 7.41. The monoisotopic (exact) mass is 557 g/mol. The van der Waals surface area contributed by atoms with Crippen molar-refractivity contribution in [3.05, 3.63) is 0 Å². The Hall–Kier alpha value is 0.320. The summed E-state index contributed by atoms with van der Waals surface area (Å²) in [5.41, 5.74) is 0. The minimum Gasteiger partial charge on any atom is -1.00 e. The van der Waals surface area contributed by atoms with E-state index in [4.69, 9.17) is 4.74 Å². The fourth-order valence-electron chi connectivity index (χ4n) is 1.48. The number of nitrogens with zero attached hydrogens (tertiary/aromatic N) is 3. The molecule has 0 heterocycles. The SMILES string of the molecule is CN(CC[N+](C)(C)C)C(=O)CCC(=O)OCC[N+](C)(C)C.[I-].[I-]. The van der Waals surface area contributed by atoms with Crippen molar-refractivity contribution in [3.63, 3.8) is 0 Å². The molecule has 0 radical (unpaired) electrons. The van der Waals surface area contributed by atoms with E-state index in [9.17, 15) is 9.59 Å². The zero-order valence-electron chi connectivity index (χ0n) is 15.6. The molecule has 1 amide bonds. The molecule has 0 bridgehead atoms. The van der Waals surface area contributed by atoms with Gasteiger partial charge in [0.05, 0.1) is 61.8 Å². The van der Waals surface area contributed by atoms with Gasteiger partial charge in [0.15, 0.2) is 0 Å². The van der Waals surface area contributed by atoms with E-state index in [-0.39, 0.29) is 72.7 Å². The van der Waals surface area contributed by atoms with Gasteiger partial charge in [-0.25, -0.2) is 0 Å². The van der Waals surface area contributed by atoms with Gasteiger partial charge in [-0.3, -0.25) is 9.59 Å². The van der Waals surface area contributed by atoms with E-state index in [1.54, 1.807) is 11.9 Å². The number of carbonyl (C=O) groups excluding carboxylic acids is 2. The number of quaternary nitrogens is 2. The zero-order chi connectivity index (χ0) is 16.7. The number of amides is 1. The van der Waals surface area contributed by atoms with Gasteiger partial charge < -0.3 is 66.6 Å². The summed E-state index contributed by atoms with van der Waals surface area (Å²) in [6.45, 7) is 2.74. The number of halogens is 2. The van der Waals surface area contributed by atoms with Crippen molar-refractivity contribution in [2.75, 3.05) is 75.6 Å². The molecule has 0 saturated carbocycles. The van der Waals surface area contributed by atoms with E-state index >= 15 is 0 Å². The highest BCUT2D eigenvalue weighted by Gasteiger charge is 2.16. The summed E-state index contributed by atoms with van der Waals surface area (Å²) in [5.74, 6) is -0.302. The van der Waals surface area contributed by atoms with Crippen LogP contribution in [-0.4, -0.2) is 101 Å². The van der Waals surface area contributed by atoms with Crippen molar-refractivity contribution in [2.45, 2.75) is 12.8 Å². The molecule has 0 unspecified atom stereocenters. The van der Waals surface area contributed by atoms with E-state index in [1.807, 2.05) is 21.1 Å². The molecule has 6 nitrogen and oxygen atoms in total. The number of rotatable bonds is 9. The minimum absolute atomic E-state index is 0. The van der Waals surface area contributed by atoms with Gasteiger partial charge >= 0.3 is 5.97 Å². The van der Waals surface area contributed by atoms with Crippen LogP contribution in [-0.2, 0) is 14.3 Å². The van der Waals surface area contributed by atoms with Crippen LogP contribution < -0.4 is 48.0 Å². The Morgan fingerprint density at radius 1 is 0.870 bits per heavy atom. The second-order valence-corrected chi connectivity index (χ2v) is 7.56. The fraction of sp³-hybridized carbons (Fsp3) is 0.867. The topological polar surface area (TPSA) is 46.6 Å². The van der Waals surface area contributed by atoms with Gasteiger partial charge in [0.2, 0.25) is 5.91 Å². The Morgan fingerprint density at radius 3 is 1.78 bits per heavy atom. The molecule has 0 aliphatic rings. The molecule has 0 aromatic heterocycles. The van der Waals surface area contributed by atoms with Crippen LogP contribution in [0.25, 0.3) is 0 Å². The smallest absolute Gasteiger partial charge is 0.306 e. The molecule has 0 atom stereocenters. The van der Waals surface area contributed by atoms with E-state index in [1.165, 1.54) is 0 Å². The highest BCUT2D eigenvalue weighted by atomic mass is 127. The predicted molar refractivity (Wildman–Crippen MR) is 83.6 cm³/mol. The molecule has 0 aliphatic heterocycles. The van der Waals surface area contributed by atoms with Gasteiger partial charge in [0.25, 0.3) is 0 Å². The number of esters is 1. The van der Waals surface area contributed by atoms with Gasteiger partial charge in [-0.05, 0) is 0 Å². The van der Waals surface area contributed by atoms with E-state index in [2.05, 4.69) is 21.1 Å². The molecule has 0 N–H and O–H groups in total. The lowest BCUT2D eigenvalue weighted by atomic mass is 10.3. The maximum Gasteiger partial charge on any atom is 0.306 e. The van der Waals surface area contributed by atoms with Crippen molar-refractivity contribution < 1.29 is 71.2 Å². The van der Waals surface area contributed by atoms with Crippen LogP contribution in [0.2, 0.25) is 0 Å². The summed E-state index contributed by atoms with van der Waals surface area (Å²) in [4.78, 5) is 25.2. The number of hydrogen-bond acceptors (Lipinski definition) is 3. The molecule has 140 valence electrons. The molecule has 8 heteroatoms. The molecule has 0 aromatic carbocycles. The predicted octanol–water partition coefficient (Wildman–Crippen LogP) is -5.81. The summed E-state index contributed by atoms with van der Waals surface area (Å²) >= 11 is 0. The van der Waals surface area contributed by atoms with Gasteiger partial charge in [-0.15, -0.1) is 0 Å². The van der Waals surface area contributed by atoms with Crippen molar-refractivity contribution in [1.82, 2.24) is 4.90 Å². The lowest BCUT2D eigenvalue weighted by Gasteiger charge is -2.27. The van der Waals surface area contributed by atoms with Gasteiger partial charge in [-0.2, -0.15) is 0 Å². The number of likely N-dealkylation sites (N-methyl/N-ethyl adjacent to an activating group) is 3. The minimum atomic E-state index is -0.295. The van der Waals surface area contributed by atoms with Gasteiger partial charge in [0, 0.05) is 13.5 Å². The number of hydrogen-bond donors (Lipinski definition) is 0. The van der Waals surface area contributed by atoms with Crippen LogP contribution in [0.1, 0.15) is 12.8 Å². The van der Waals surface area contributed by atoms with Crippen LogP contribution in [0, 0.1) is 0 Å². The van der Waals surface area contributed by atoms with Crippen LogP contribution in [0.5, 0.6) is 0 Å². The highest BCUT2D eigenvalue weighted by Crippen LogP contribution is 2.00. The largest absolute Gasteiger partial charge is 1.00 e. The van der Waals surface area contributed by atoms with Crippen molar-refractivity contribution in [1.29, 1.82) is 0 Å². The molecule has 0 fully saturated rings. The second-order valence-electron chi connectivity index (χ2n) is 7.56. The third-order valence-electron chi connectivity index (χ3n) is 3.10. The lowest BCUT2D eigenvalue weighted by Crippen LogP contribution is -3.00. The quantitative estimate of drug-likeness (QED) is 0.162. The molecule has 0 saturated heterocycles. The normalized spacial score (nSPS) is 11.1. The average Bonchev–Trinajstić information content (AvgIpc) is 2.30. The first-order chi connectivity index (χ1) is 9.41.